The number of ether oxygens (including phenoxy) is 1. The molecule has 0 saturated carbocycles. The van der Waals surface area contributed by atoms with Crippen LogP contribution in [0.5, 0.6) is 5.75 Å². The SMILES string of the molecule is CCCC1(O)CN(C(=O)C2=Cc3cc(Br)ccc3OC2)C1. The summed E-state index contributed by atoms with van der Waals surface area (Å²) in [4.78, 5) is 14.1. The Morgan fingerprint density at radius 1 is 1.48 bits per heavy atom. The molecule has 1 aromatic rings. The maximum absolute atomic E-state index is 12.4. The molecule has 0 unspecified atom stereocenters. The molecule has 0 spiro atoms. The Morgan fingerprint density at radius 3 is 2.95 bits per heavy atom. The van der Waals surface area contributed by atoms with Crippen LogP contribution in [0.2, 0.25) is 0 Å². The van der Waals surface area contributed by atoms with Gasteiger partial charge in [-0.15, -0.1) is 0 Å². The number of aliphatic hydroxyl groups is 1. The maximum Gasteiger partial charge on any atom is 0.253 e. The van der Waals surface area contributed by atoms with Crippen LogP contribution < -0.4 is 4.74 Å². The molecule has 1 fully saturated rings. The van der Waals surface area contributed by atoms with Crippen molar-refractivity contribution in [3.05, 3.63) is 33.8 Å². The molecule has 0 aliphatic carbocycles. The van der Waals surface area contributed by atoms with Crippen LogP contribution in [0.1, 0.15) is 25.3 Å². The standard InChI is InChI=1S/C16H18BrNO3/c1-2-5-16(20)9-18(10-16)15(19)12-6-11-7-13(17)3-4-14(11)21-8-12/h3-4,6-7,20H,2,5,8-10H2,1H3. The second kappa shape index (κ2) is 5.46. The van der Waals surface area contributed by atoms with Crippen molar-refractivity contribution in [2.24, 2.45) is 0 Å². The van der Waals surface area contributed by atoms with E-state index in [9.17, 15) is 9.90 Å². The molecule has 2 aliphatic rings. The minimum Gasteiger partial charge on any atom is -0.488 e. The fourth-order valence-electron chi connectivity index (χ4n) is 2.91. The zero-order chi connectivity index (χ0) is 15.0. The van der Waals surface area contributed by atoms with Crippen LogP contribution in [0, 0.1) is 0 Å². The van der Waals surface area contributed by atoms with Gasteiger partial charge in [-0.1, -0.05) is 29.3 Å². The summed E-state index contributed by atoms with van der Waals surface area (Å²) in [6.45, 7) is 3.16. The van der Waals surface area contributed by atoms with E-state index in [1.165, 1.54) is 0 Å². The van der Waals surface area contributed by atoms with Crippen molar-refractivity contribution in [2.45, 2.75) is 25.4 Å². The molecule has 112 valence electrons. The highest BCUT2D eigenvalue weighted by Gasteiger charge is 2.43. The smallest absolute Gasteiger partial charge is 0.253 e. The summed E-state index contributed by atoms with van der Waals surface area (Å²) in [6.07, 6.45) is 3.54. The number of carbonyl (C=O) groups excluding carboxylic acids is 1. The summed E-state index contributed by atoms with van der Waals surface area (Å²) < 4.78 is 6.59. The van der Waals surface area contributed by atoms with Gasteiger partial charge in [-0.05, 0) is 30.7 Å². The van der Waals surface area contributed by atoms with Crippen molar-refractivity contribution in [2.75, 3.05) is 19.7 Å². The van der Waals surface area contributed by atoms with Gasteiger partial charge in [0.1, 0.15) is 12.4 Å². The Morgan fingerprint density at radius 2 is 2.24 bits per heavy atom. The van der Waals surface area contributed by atoms with E-state index in [-0.39, 0.29) is 12.5 Å². The third-order valence-electron chi connectivity index (χ3n) is 3.93. The molecule has 1 N–H and O–H groups in total. The number of halogens is 1. The Hall–Kier alpha value is -1.33. The number of nitrogens with zero attached hydrogens (tertiary/aromatic N) is 1. The van der Waals surface area contributed by atoms with Crippen LogP contribution in [-0.2, 0) is 4.79 Å². The van der Waals surface area contributed by atoms with Crippen molar-refractivity contribution >= 4 is 27.9 Å². The van der Waals surface area contributed by atoms with Gasteiger partial charge in [0.2, 0.25) is 0 Å². The van der Waals surface area contributed by atoms with Crippen LogP contribution in [0.3, 0.4) is 0 Å². The third kappa shape index (κ3) is 2.85. The maximum atomic E-state index is 12.4. The Labute approximate surface area is 132 Å². The number of benzene rings is 1. The molecule has 1 aromatic carbocycles. The lowest BCUT2D eigenvalue weighted by atomic mass is 9.88. The van der Waals surface area contributed by atoms with E-state index in [4.69, 9.17) is 4.74 Å². The zero-order valence-electron chi connectivity index (χ0n) is 11.9. The number of β-amino-alcohol motifs (C(OH)–C–C–N with tert-alkyl or cyclic N) is 1. The first-order valence-corrected chi connectivity index (χ1v) is 7.95. The molecule has 2 heterocycles. The summed E-state index contributed by atoms with van der Waals surface area (Å²) in [5, 5.41) is 10.2. The van der Waals surface area contributed by atoms with Crippen molar-refractivity contribution in [3.63, 3.8) is 0 Å². The van der Waals surface area contributed by atoms with E-state index in [2.05, 4.69) is 15.9 Å². The molecule has 4 nitrogen and oxygen atoms in total. The highest BCUT2D eigenvalue weighted by molar-refractivity contribution is 9.10. The molecule has 0 aromatic heterocycles. The summed E-state index contributed by atoms with van der Waals surface area (Å²) in [6, 6.07) is 5.74. The monoisotopic (exact) mass is 351 g/mol. The molecule has 1 saturated heterocycles. The normalized spacial score (nSPS) is 19.2. The lowest BCUT2D eigenvalue weighted by Crippen LogP contribution is -2.63. The van der Waals surface area contributed by atoms with E-state index in [0.717, 1.165) is 28.6 Å². The van der Waals surface area contributed by atoms with Crippen molar-refractivity contribution in [1.29, 1.82) is 0 Å². The predicted molar refractivity (Wildman–Crippen MR) is 84.1 cm³/mol. The fourth-order valence-corrected chi connectivity index (χ4v) is 3.29. The van der Waals surface area contributed by atoms with Crippen molar-refractivity contribution in [1.82, 2.24) is 4.90 Å². The first-order chi connectivity index (χ1) is 10.0. The van der Waals surface area contributed by atoms with Crippen LogP contribution in [0.25, 0.3) is 6.08 Å². The molecule has 5 heteroatoms. The average Bonchev–Trinajstić information content (AvgIpc) is 2.43. The van der Waals surface area contributed by atoms with Crippen molar-refractivity contribution < 1.29 is 14.6 Å². The van der Waals surface area contributed by atoms with Gasteiger partial charge in [-0.2, -0.15) is 0 Å². The quantitative estimate of drug-likeness (QED) is 0.910. The fraction of sp³-hybridized carbons (Fsp3) is 0.438. The molecular weight excluding hydrogens is 334 g/mol. The van der Waals surface area contributed by atoms with E-state index in [0.29, 0.717) is 18.7 Å². The summed E-state index contributed by atoms with van der Waals surface area (Å²) in [5.74, 6) is 0.752. The van der Waals surface area contributed by atoms with E-state index < -0.39 is 5.60 Å². The number of fused-ring (bicyclic) bond motifs is 1. The number of rotatable bonds is 3. The minimum atomic E-state index is -0.693. The second-order valence-electron chi connectivity index (χ2n) is 5.78. The van der Waals surface area contributed by atoms with Gasteiger partial charge in [-0.3, -0.25) is 4.79 Å². The van der Waals surface area contributed by atoms with Gasteiger partial charge in [-0.25, -0.2) is 0 Å². The van der Waals surface area contributed by atoms with Crippen LogP contribution in [0.15, 0.2) is 28.2 Å². The van der Waals surface area contributed by atoms with E-state index >= 15 is 0 Å². The molecule has 0 radical (unpaired) electrons. The lowest BCUT2D eigenvalue weighted by Gasteiger charge is -2.47. The van der Waals surface area contributed by atoms with Crippen LogP contribution in [0.4, 0.5) is 0 Å². The first kappa shape index (κ1) is 14.6. The minimum absolute atomic E-state index is 0.0404. The average molecular weight is 352 g/mol. The summed E-state index contributed by atoms with van der Waals surface area (Å²) in [7, 11) is 0. The van der Waals surface area contributed by atoms with Crippen LogP contribution >= 0.6 is 15.9 Å². The second-order valence-corrected chi connectivity index (χ2v) is 6.69. The molecule has 1 amide bonds. The zero-order valence-corrected chi connectivity index (χ0v) is 13.5. The van der Waals surface area contributed by atoms with Crippen molar-refractivity contribution in [3.8, 4) is 5.75 Å². The molecule has 0 atom stereocenters. The predicted octanol–water partition coefficient (Wildman–Crippen LogP) is 2.60. The van der Waals surface area contributed by atoms with Gasteiger partial charge in [0.15, 0.2) is 0 Å². The van der Waals surface area contributed by atoms with Gasteiger partial charge in [0.05, 0.1) is 24.3 Å². The van der Waals surface area contributed by atoms with Gasteiger partial charge < -0.3 is 14.7 Å². The van der Waals surface area contributed by atoms with E-state index in [1.807, 2.05) is 31.2 Å². The number of hydrogen-bond donors (Lipinski definition) is 1. The summed E-state index contributed by atoms with van der Waals surface area (Å²) >= 11 is 3.42. The highest BCUT2D eigenvalue weighted by Crippen LogP contribution is 2.32. The highest BCUT2D eigenvalue weighted by atomic mass is 79.9. The Balaban J connectivity index is 1.72. The number of carbonyl (C=O) groups is 1. The lowest BCUT2D eigenvalue weighted by molar-refractivity contribution is -0.152. The van der Waals surface area contributed by atoms with Crippen LogP contribution in [-0.4, -0.2) is 41.2 Å². The third-order valence-corrected chi connectivity index (χ3v) is 4.43. The largest absolute Gasteiger partial charge is 0.488 e. The molecule has 2 aliphatic heterocycles. The number of hydrogen-bond acceptors (Lipinski definition) is 3. The molecule has 0 bridgehead atoms. The molecular formula is C16H18BrNO3. The van der Waals surface area contributed by atoms with Gasteiger partial charge >= 0.3 is 0 Å². The summed E-state index contributed by atoms with van der Waals surface area (Å²) in [5.41, 5.74) is 0.851. The topological polar surface area (TPSA) is 49.8 Å². The Bertz CT molecular complexity index is 606. The number of likely N-dealkylation sites (tertiary alicyclic amines) is 1. The Kier molecular flexibility index (Phi) is 3.80. The van der Waals surface area contributed by atoms with Gasteiger partial charge in [0.25, 0.3) is 5.91 Å². The molecule has 3 rings (SSSR count). The number of amides is 1. The molecule has 21 heavy (non-hydrogen) atoms. The van der Waals surface area contributed by atoms with E-state index in [1.54, 1.807) is 4.90 Å². The first-order valence-electron chi connectivity index (χ1n) is 7.15. The van der Waals surface area contributed by atoms with Gasteiger partial charge in [0, 0.05) is 10.0 Å².